The highest BCUT2D eigenvalue weighted by atomic mass is 16.6. The second kappa shape index (κ2) is 8.49. The molecule has 1 aromatic carbocycles. The topological polar surface area (TPSA) is 84.7 Å². The second-order valence-corrected chi connectivity index (χ2v) is 7.05. The van der Waals surface area contributed by atoms with Gasteiger partial charge in [-0.1, -0.05) is 12.8 Å². The molecule has 2 atom stereocenters. The van der Waals surface area contributed by atoms with Crippen LogP contribution >= 0.6 is 0 Å². The summed E-state index contributed by atoms with van der Waals surface area (Å²) >= 11 is 0. The van der Waals surface area contributed by atoms with E-state index in [-0.39, 0.29) is 18.3 Å². The lowest BCUT2D eigenvalue weighted by atomic mass is 9.89. The van der Waals surface area contributed by atoms with Crippen LogP contribution in [0.15, 0.2) is 18.2 Å². The van der Waals surface area contributed by atoms with Crippen molar-refractivity contribution in [3.63, 3.8) is 0 Å². The van der Waals surface area contributed by atoms with Gasteiger partial charge in [0.25, 0.3) is 5.69 Å². The number of esters is 1. The predicted octanol–water partition coefficient (Wildman–Crippen LogP) is 3.59. The van der Waals surface area contributed by atoms with Gasteiger partial charge in [0.05, 0.1) is 22.8 Å². The minimum Gasteiger partial charge on any atom is -0.462 e. The third kappa shape index (κ3) is 4.15. The minimum atomic E-state index is -0.446. The molecular formula is C19H27N3O4. The first-order valence-electron chi connectivity index (χ1n) is 9.56. The molecule has 1 aromatic rings. The number of hydrogen-bond donors (Lipinski definition) is 1. The van der Waals surface area contributed by atoms with Crippen LogP contribution in [0.1, 0.15) is 55.8 Å². The fourth-order valence-corrected chi connectivity index (χ4v) is 4.14. The quantitative estimate of drug-likeness (QED) is 0.473. The lowest BCUT2D eigenvalue weighted by Gasteiger charge is -2.39. The number of nitrogens with one attached hydrogen (secondary N) is 1. The number of hydrogen-bond acceptors (Lipinski definition) is 6. The SMILES string of the molecule is CCOC(=O)c1ccc([N+](=O)[O-])cc1N[C@H]1CCCC[C@@H]1N1CCCC1. The highest BCUT2D eigenvalue weighted by Crippen LogP contribution is 2.31. The van der Waals surface area contributed by atoms with Gasteiger partial charge < -0.3 is 10.1 Å². The van der Waals surface area contributed by atoms with Crippen LogP contribution in [0.2, 0.25) is 0 Å². The summed E-state index contributed by atoms with van der Waals surface area (Å²) in [4.78, 5) is 25.6. The Balaban J connectivity index is 1.86. The van der Waals surface area contributed by atoms with E-state index in [9.17, 15) is 14.9 Å². The molecule has 142 valence electrons. The van der Waals surface area contributed by atoms with E-state index in [0.717, 1.165) is 32.4 Å². The molecule has 0 amide bonds. The maximum Gasteiger partial charge on any atom is 0.340 e. The first-order valence-corrected chi connectivity index (χ1v) is 9.56. The number of rotatable bonds is 6. The Hall–Kier alpha value is -2.15. The molecule has 1 heterocycles. The van der Waals surface area contributed by atoms with Crippen molar-refractivity contribution in [2.45, 2.75) is 57.5 Å². The zero-order valence-corrected chi connectivity index (χ0v) is 15.3. The molecule has 0 unspecified atom stereocenters. The van der Waals surface area contributed by atoms with Crippen LogP contribution in [0, 0.1) is 10.1 Å². The summed E-state index contributed by atoms with van der Waals surface area (Å²) in [5.74, 6) is -0.446. The molecule has 0 bridgehead atoms. The van der Waals surface area contributed by atoms with Crippen molar-refractivity contribution >= 4 is 17.3 Å². The van der Waals surface area contributed by atoms with E-state index in [4.69, 9.17) is 4.74 Å². The predicted molar refractivity (Wildman–Crippen MR) is 99.5 cm³/mol. The van der Waals surface area contributed by atoms with Crippen LogP contribution in [0.4, 0.5) is 11.4 Å². The first-order chi connectivity index (χ1) is 12.6. The van der Waals surface area contributed by atoms with E-state index in [1.807, 2.05) is 0 Å². The van der Waals surface area contributed by atoms with E-state index in [2.05, 4.69) is 10.2 Å². The molecule has 1 saturated carbocycles. The van der Waals surface area contributed by atoms with E-state index >= 15 is 0 Å². The zero-order chi connectivity index (χ0) is 18.5. The Morgan fingerprint density at radius 1 is 1.27 bits per heavy atom. The van der Waals surface area contributed by atoms with Gasteiger partial charge in [-0.05, 0) is 51.8 Å². The molecule has 7 heteroatoms. The van der Waals surface area contributed by atoms with Crippen LogP contribution in [-0.2, 0) is 4.74 Å². The first kappa shape index (κ1) is 18.6. The summed E-state index contributed by atoms with van der Waals surface area (Å²) in [7, 11) is 0. The van der Waals surface area contributed by atoms with Crippen molar-refractivity contribution in [2.24, 2.45) is 0 Å². The van der Waals surface area contributed by atoms with E-state index in [0.29, 0.717) is 17.3 Å². The number of nitrogens with zero attached hydrogens (tertiary/aromatic N) is 2. The molecule has 3 rings (SSSR count). The maximum atomic E-state index is 12.3. The lowest BCUT2D eigenvalue weighted by Crippen LogP contribution is -2.47. The summed E-state index contributed by atoms with van der Waals surface area (Å²) in [6, 6.07) is 4.92. The average molecular weight is 361 g/mol. The second-order valence-electron chi connectivity index (χ2n) is 7.05. The average Bonchev–Trinajstić information content (AvgIpc) is 3.16. The number of nitro benzene ring substituents is 1. The van der Waals surface area contributed by atoms with E-state index < -0.39 is 10.9 Å². The van der Waals surface area contributed by atoms with Crippen molar-refractivity contribution in [3.05, 3.63) is 33.9 Å². The molecule has 1 aliphatic heterocycles. The van der Waals surface area contributed by atoms with Gasteiger partial charge in [0.1, 0.15) is 0 Å². The zero-order valence-electron chi connectivity index (χ0n) is 15.3. The molecule has 2 fully saturated rings. The number of nitro groups is 1. The number of benzene rings is 1. The third-order valence-corrected chi connectivity index (χ3v) is 5.39. The minimum absolute atomic E-state index is 0.0194. The van der Waals surface area contributed by atoms with Gasteiger partial charge in [-0.3, -0.25) is 15.0 Å². The van der Waals surface area contributed by atoms with Crippen LogP contribution in [0.5, 0.6) is 0 Å². The van der Waals surface area contributed by atoms with Crippen LogP contribution < -0.4 is 5.32 Å². The number of non-ortho nitro benzene ring substituents is 1. The standard InChI is InChI=1S/C19H27N3O4/c1-2-26-19(23)15-10-9-14(22(24)25)13-17(15)20-16-7-3-4-8-18(16)21-11-5-6-12-21/h9-10,13,16,18,20H,2-8,11-12H2,1H3/t16-,18-/m0/s1. The largest absolute Gasteiger partial charge is 0.462 e. The monoisotopic (exact) mass is 361 g/mol. The van der Waals surface area contributed by atoms with Gasteiger partial charge in [0.2, 0.25) is 0 Å². The molecular weight excluding hydrogens is 334 g/mol. The molecule has 1 saturated heterocycles. The van der Waals surface area contributed by atoms with Gasteiger partial charge in [-0.2, -0.15) is 0 Å². The van der Waals surface area contributed by atoms with Crippen molar-refractivity contribution in [1.82, 2.24) is 4.90 Å². The fourth-order valence-electron chi connectivity index (χ4n) is 4.14. The lowest BCUT2D eigenvalue weighted by molar-refractivity contribution is -0.384. The Kier molecular flexibility index (Phi) is 6.08. The Labute approximate surface area is 153 Å². The van der Waals surface area contributed by atoms with Gasteiger partial charge in [0, 0.05) is 24.2 Å². The van der Waals surface area contributed by atoms with Gasteiger partial charge in [-0.25, -0.2) is 4.79 Å². The number of carbonyl (C=O) groups is 1. The molecule has 1 aliphatic carbocycles. The molecule has 7 nitrogen and oxygen atoms in total. The molecule has 26 heavy (non-hydrogen) atoms. The summed E-state index contributed by atoms with van der Waals surface area (Å²) in [5, 5.41) is 14.6. The number of ether oxygens (including phenoxy) is 1. The van der Waals surface area contributed by atoms with Crippen molar-refractivity contribution in [3.8, 4) is 0 Å². The summed E-state index contributed by atoms with van der Waals surface area (Å²) < 4.78 is 5.13. The highest BCUT2D eigenvalue weighted by molar-refractivity contribution is 5.96. The fraction of sp³-hybridized carbons (Fsp3) is 0.632. The third-order valence-electron chi connectivity index (χ3n) is 5.39. The summed E-state index contributed by atoms with van der Waals surface area (Å²) in [6.45, 7) is 4.25. The van der Waals surface area contributed by atoms with Gasteiger partial charge >= 0.3 is 5.97 Å². The number of anilines is 1. The van der Waals surface area contributed by atoms with Crippen molar-refractivity contribution < 1.29 is 14.5 Å². The number of likely N-dealkylation sites (tertiary alicyclic amines) is 1. The Morgan fingerprint density at radius 3 is 2.69 bits per heavy atom. The number of carbonyl (C=O) groups excluding carboxylic acids is 1. The molecule has 0 spiro atoms. The Bertz CT molecular complexity index is 658. The van der Waals surface area contributed by atoms with Crippen LogP contribution in [0.25, 0.3) is 0 Å². The molecule has 0 aromatic heterocycles. The highest BCUT2D eigenvalue weighted by Gasteiger charge is 2.32. The summed E-state index contributed by atoms with van der Waals surface area (Å²) in [6.07, 6.45) is 6.93. The summed E-state index contributed by atoms with van der Waals surface area (Å²) in [5.41, 5.74) is 0.853. The van der Waals surface area contributed by atoms with Crippen molar-refractivity contribution in [2.75, 3.05) is 25.0 Å². The maximum absolute atomic E-state index is 12.3. The Morgan fingerprint density at radius 2 is 2.00 bits per heavy atom. The van der Waals surface area contributed by atoms with Gasteiger partial charge in [-0.15, -0.1) is 0 Å². The molecule has 0 radical (unpaired) electrons. The van der Waals surface area contributed by atoms with E-state index in [1.165, 1.54) is 37.5 Å². The van der Waals surface area contributed by atoms with Crippen LogP contribution in [-0.4, -0.2) is 47.6 Å². The molecule has 1 N–H and O–H groups in total. The molecule has 2 aliphatic rings. The van der Waals surface area contributed by atoms with E-state index in [1.54, 1.807) is 6.92 Å². The van der Waals surface area contributed by atoms with Crippen LogP contribution in [0.3, 0.4) is 0 Å². The van der Waals surface area contributed by atoms with Gasteiger partial charge in [0.15, 0.2) is 0 Å². The smallest absolute Gasteiger partial charge is 0.340 e. The van der Waals surface area contributed by atoms with Crippen molar-refractivity contribution in [1.29, 1.82) is 0 Å². The normalized spacial score (nSPS) is 23.6.